The number of carboxylic acid groups (broad SMARTS) is 1. The fourth-order valence-corrected chi connectivity index (χ4v) is 2.80. The first kappa shape index (κ1) is 13.8. The number of nitrogens with one attached hydrogen (secondary N) is 1. The summed E-state index contributed by atoms with van der Waals surface area (Å²) in [6, 6.07) is 3.74. The largest absolute Gasteiger partial charge is 0.481 e. The molecule has 0 radical (unpaired) electrons. The quantitative estimate of drug-likeness (QED) is 0.849. The normalized spacial score (nSPS) is 12.5. The molecule has 0 aliphatic carbocycles. The molecule has 2 aromatic heterocycles. The molecule has 2 rings (SSSR count). The minimum atomic E-state index is -0.797. The van der Waals surface area contributed by atoms with Gasteiger partial charge in [-0.2, -0.15) is 5.10 Å². The van der Waals surface area contributed by atoms with Gasteiger partial charge in [0.05, 0.1) is 18.2 Å². The summed E-state index contributed by atoms with van der Waals surface area (Å²) in [4.78, 5) is 12.0. The van der Waals surface area contributed by atoms with Crippen LogP contribution in [0.3, 0.4) is 0 Å². The van der Waals surface area contributed by atoms with Crippen LogP contribution >= 0.6 is 11.3 Å². The third-order valence-corrected chi connectivity index (χ3v) is 3.91. The van der Waals surface area contributed by atoms with Gasteiger partial charge in [0.25, 0.3) is 0 Å². The summed E-state index contributed by atoms with van der Waals surface area (Å²) in [6.45, 7) is 2.57. The molecule has 0 amide bonds. The van der Waals surface area contributed by atoms with E-state index in [1.165, 1.54) is 0 Å². The zero-order chi connectivity index (χ0) is 13.8. The van der Waals surface area contributed by atoms with E-state index in [1.807, 2.05) is 37.7 Å². The average Bonchev–Trinajstić information content (AvgIpc) is 2.94. The first-order valence-corrected chi connectivity index (χ1v) is 6.92. The Bertz CT molecular complexity index is 548. The summed E-state index contributed by atoms with van der Waals surface area (Å²) in [5, 5.41) is 18.5. The lowest BCUT2D eigenvalue weighted by Crippen LogP contribution is -2.23. The van der Waals surface area contributed by atoms with E-state index < -0.39 is 5.97 Å². The Morgan fingerprint density at radius 3 is 2.95 bits per heavy atom. The fraction of sp³-hybridized carbons (Fsp3) is 0.385. The lowest BCUT2D eigenvalue weighted by atomic mass is 10.1. The Hall–Kier alpha value is -1.66. The second-order valence-electron chi connectivity index (χ2n) is 4.46. The molecule has 2 heterocycles. The number of hydrogen-bond donors (Lipinski definition) is 2. The first-order chi connectivity index (χ1) is 9.06. The van der Waals surface area contributed by atoms with Crippen LogP contribution in [0.5, 0.6) is 0 Å². The highest BCUT2D eigenvalue weighted by atomic mass is 32.1. The van der Waals surface area contributed by atoms with Gasteiger partial charge in [-0.05, 0) is 18.4 Å². The second kappa shape index (κ2) is 5.99. The van der Waals surface area contributed by atoms with Crippen molar-refractivity contribution in [2.75, 3.05) is 0 Å². The average molecular weight is 279 g/mol. The number of aryl methyl sites for hydroxylation is 2. The minimum absolute atomic E-state index is 0.0832. The molecule has 5 nitrogen and oxygen atoms in total. The van der Waals surface area contributed by atoms with Crippen LogP contribution < -0.4 is 5.32 Å². The fourth-order valence-electron chi connectivity index (χ4n) is 1.99. The number of thiophene rings is 1. The second-order valence-corrected chi connectivity index (χ2v) is 5.44. The van der Waals surface area contributed by atoms with Crippen molar-refractivity contribution in [3.63, 3.8) is 0 Å². The van der Waals surface area contributed by atoms with E-state index in [0.29, 0.717) is 6.54 Å². The van der Waals surface area contributed by atoms with Gasteiger partial charge < -0.3 is 10.4 Å². The molecule has 19 heavy (non-hydrogen) atoms. The van der Waals surface area contributed by atoms with Gasteiger partial charge in [0.2, 0.25) is 0 Å². The Balaban J connectivity index is 2.04. The lowest BCUT2D eigenvalue weighted by Gasteiger charge is -2.15. The molecule has 1 unspecified atom stereocenters. The van der Waals surface area contributed by atoms with Crippen LogP contribution in [0.2, 0.25) is 0 Å². The maximum atomic E-state index is 10.9. The maximum Gasteiger partial charge on any atom is 0.305 e. The van der Waals surface area contributed by atoms with Gasteiger partial charge in [-0.15, -0.1) is 11.3 Å². The Kier molecular flexibility index (Phi) is 4.34. The van der Waals surface area contributed by atoms with Crippen molar-refractivity contribution in [1.29, 1.82) is 0 Å². The van der Waals surface area contributed by atoms with Gasteiger partial charge in [0.15, 0.2) is 0 Å². The molecule has 2 aromatic rings. The standard InChI is InChI=1S/C13H17N3O2S/c1-9-10(8-16(2)15-9)7-14-11(6-13(17)18)12-4-3-5-19-12/h3-5,8,11,14H,6-7H2,1-2H3,(H,17,18). The Morgan fingerprint density at radius 2 is 2.42 bits per heavy atom. The van der Waals surface area contributed by atoms with Gasteiger partial charge in [0, 0.05) is 30.2 Å². The van der Waals surface area contributed by atoms with Crippen LogP contribution in [0.4, 0.5) is 0 Å². The number of aromatic nitrogens is 2. The van der Waals surface area contributed by atoms with E-state index >= 15 is 0 Å². The summed E-state index contributed by atoms with van der Waals surface area (Å²) < 4.78 is 1.77. The zero-order valence-electron chi connectivity index (χ0n) is 11.0. The van der Waals surface area contributed by atoms with Gasteiger partial charge in [0.1, 0.15) is 0 Å². The van der Waals surface area contributed by atoms with Crippen LogP contribution in [0.1, 0.15) is 28.6 Å². The molecule has 0 saturated heterocycles. The first-order valence-electron chi connectivity index (χ1n) is 6.04. The van der Waals surface area contributed by atoms with Gasteiger partial charge >= 0.3 is 5.97 Å². The zero-order valence-corrected chi connectivity index (χ0v) is 11.8. The summed E-state index contributed by atoms with van der Waals surface area (Å²) in [6.07, 6.45) is 2.04. The van der Waals surface area contributed by atoms with Gasteiger partial charge in [-0.1, -0.05) is 6.07 Å². The van der Waals surface area contributed by atoms with Crippen LogP contribution in [0.15, 0.2) is 23.7 Å². The van der Waals surface area contributed by atoms with E-state index in [-0.39, 0.29) is 12.5 Å². The number of nitrogens with zero attached hydrogens (tertiary/aromatic N) is 2. The lowest BCUT2D eigenvalue weighted by molar-refractivity contribution is -0.137. The molecule has 102 valence electrons. The van der Waals surface area contributed by atoms with Crippen LogP contribution in [0.25, 0.3) is 0 Å². The topological polar surface area (TPSA) is 67.2 Å². The summed E-state index contributed by atoms with van der Waals surface area (Å²) in [5.41, 5.74) is 2.06. The molecular weight excluding hydrogens is 262 g/mol. The van der Waals surface area contributed by atoms with E-state index in [2.05, 4.69) is 10.4 Å². The summed E-state index contributed by atoms with van der Waals surface area (Å²) >= 11 is 1.57. The molecule has 0 fully saturated rings. The van der Waals surface area contributed by atoms with Gasteiger partial charge in [-0.3, -0.25) is 9.48 Å². The van der Waals surface area contributed by atoms with Crippen LogP contribution in [0, 0.1) is 6.92 Å². The Morgan fingerprint density at radius 1 is 1.63 bits per heavy atom. The predicted octanol–water partition coefficient (Wildman–Crippen LogP) is 2.10. The number of carboxylic acids is 1. The highest BCUT2D eigenvalue weighted by Gasteiger charge is 2.16. The minimum Gasteiger partial charge on any atom is -0.481 e. The third-order valence-electron chi connectivity index (χ3n) is 2.92. The molecule has 0 aromatic carbocycles. The van der Waals surface area contributed by atoms with Crippen molar-refractivity contribution in [2.45, 2.75) is 25.9 Å². The van der Waals surface area contributed by atoms with Crippen LogP contribution in [-0.4, -0.2) is 20.9 Å². The SMILES string of the molecule is Cc1nn(C)cc1CNC(CC(=O)O)c1cccs1. The van der Waals surface area contributed by atoms with E-state index in [9.17, 15) is 4.79 Å². The summed E-state index contributed by atoms with van der Waals surface area (Å²) in [5.74, 6) is -0.797. The molecule has 0 saturated carbocycles. The molecular formula is C13H17N3O2S. The monoisotopic (exact) mass is 279 g/mol. The number of hydrogen-bond acceptors (Lipinski definition) is 4. The molecule has 0 spiro atoms. The third kappa shape index (κ3) is 3.65. The highest BCUT2D eigenvalue weighted by Crippen LogP contribution is 2.22. The molecule has 0 aliphatic heterocycles. The van der Waals surface area contributed by atoms with Crippen molar-refractivity contribution >= 4 is 17.3 Å². The molecule has 1 atom stereocenters. The smallest absolute Gasteiger partial charge is 0.305 e. The molecule has 2 N–H and O–H groups in total. The van der Waals surface area contributed by atoms with Crippen molar-refractivity contribution < 1.29 is 9.90 Å². The summed E-state index contributed by atoms with van der Waals surface area (Å²) in [7, 11) is 1.88. The number of aliphatic carboxylic acids is 1. The predicted molar refractivity (Wildman–Crippen MR) is 74.1 cm³/mol. The van der Waals surface area contributed by atoms with Gasteiger partial charge in [-0.25, -0.2) is 0 Å². The molecule has 0 bridgehead atoms. The number of rotatable bonds is 6. The van der Waals surface area contributed by atoms with Crippen molar-refractivity contribution in [3.8, 4) is 0 Å². The highest BCUT2D eigenvalue weighted by molar-refractivity contribution is 7.10. The van der Waals surface area contributed by atoms with Crippen molar-refractivity contribution in [2.24, 2.45) is 7.05 Å². The Labute approximate surface area is 115 Å². The number of carbonyl (C=O) groups is 1. The van der Waals surface area contributed by atoms with Crippen molar-refractivity contribution in [3.05, 3.63) is 39.8 Å². The van der Waals surface area contributed by atoms with E-state index in [0.717, 1.165) is 16.1 Å². The molecule has 6 heteroatoms. The molecule has 0 aliphatic rings. The maximum absolute atomic E-state index is 10.9. The van der Waals surface area contributed by atoms with E-state index in [4.69, 9.17) is 5.11 Å². The van der Waals surface area contributed by atoms with Crippen molar-refractivity contribution in [1.82, 2.24) is 15.1 Å². The van der Waals surface area contributed by atoms with E-state index in [1.54, 1.807) is 16.0 Å². The van der Waals surface area contributed by atoms with Crippen LogP contribution in [-0.2, 0) is 18.4 Å².